The minimum absolute atomic E-state index is 0.336. The van der Waals surface area contributed by atoms with E-state index in [2.05, 4.69) is 25.1 Å². The lowest BCUT2D eigenvalue weighted by atomic mass is 9.83. The standard InChI is InChI=1S/C15H20O/c1-3-14(16)9-12-7-8-13-6-4-5-11(2)15(13)10-12/h7-8,10-11H,3-6,9H2,1-2H3. The number of ketones is 1. The molecule has 16 heavy (non-hydrogen) atoms. The highest BCUT2D eigenvalue weighted by Gasteiger charge is 2.16. The number of hydrogen-bond donors (Lipinski definition) is 0. The summed E-state index contributed by atoms with van der Waals surface area (Å²) < 4.78 is 0. The molecule has 1 atom stereocenters. The number of Topliss-reactive ketones (excluding diaryl/α,β-unsaturated/α-hetero) is 1. The molecule has 1 aliphatic rings. The first-order valence-electron chi connectivity index (χ1n) is 6.34. The maximum atomic E-state index is 11.4. The molecule has 1 aromatic carbocycles. The van der Waals surface area contributed by atoms with Crippen molar-refractivity contribution in [2.45, 2.75) is 51.9 Å². The van der Waals surface area contributed by atoms with Gasteiger partial charge in [-0.1, -0.05) is 32.0 Å². The van der Waals surface area contributed by atoms with Crippen LogP contribution in [0.25, 0.3) is 0 Å². The van der Waals surface area contributed by atoms with E-state index in [-0.39, 0.29) is 0 Å². The van der Waals surface area contributed by atoms with Crippen molar-refractivity contribution < 1.29 is 4.79 Å². The Kier molecular flexibility index (Phi) is 3.42. The summed E-state index contributed by atoms with van der Waals surface area (Å²) in [6.45, 7) is 4.23. The molecule has 0 fully saturated rings. The lowest BCUT2D eigenvalue weighted by Gasteiger charge is -2.22. The van der Waals surface area contributed by atoms with Gasteiger partial charge >= 0.3 is 0 Å². The van der Waals surface area contributed by atoms with E-state index in [9.17, 15) is 4.79 Å². The van der Waals surface area contributed by atoms with Crippen LogP contribution >= 0.6 is 0 Å². The molecule has 0 spiro atoms. The van der Waals surface area contributed by atoms with Crippen molar-refractivity contribution in [3.63, 3.8) is 0 Å². The zero-order valence-corrected chi connectivity index (χ0v) is 10.3. The monoisotopic (exact) mass is 216 g/mol. The maximum absolute atomic E-state index is 11.4. The summed E-state index contributed by atoms with van der Waals surface area (Å²) in [6.07, 6.45) is 5.06. The van der Waals surface area contributed by atoms with Crippen LogP contribution in [0.5, 0.6) is 0 Å². The van der Waals surface area contributed by atoms with Gasteiger partial charge in [0.15, 0.2) is 0 Å². The van der Waals surface area contributed by atoms with Gasteiger partial charge in [0.25, 0.3) is 0 Å². The third-order valence-electron chi connectivity index (χ3n) is 3.62. The molecule has 2 rings (SSSR count). The maximum Gasteiger partial charge on any atom is 0.136 e. The van der Waals surface area contributed by atoms with E-state index < -0.39 is 0 Å². The molecule has 1 unspecified atom stereocenters. The van der Waals surface area contributed by atoms with Crippen LogP contribution in [0.1, 0.15) is 55.7 Å². The summed E-state index contributed by atoms with van der Waals surface area (Å²) in [6, 6.07) is 6.61. The van der Waals surface area contributed by atoms with Gasteiger partial charge in [-0.05, 0) is 41.9 Å². The van der Waals surface area contributed by atoms with Crippen molar-refractivity contribution in [3.05, 3.63) is 34.9 Å². The fraction of sp³-hybridized carbons (Fsp3) is 0.533. The Labute approximate surface area is 97.9 Å². The Morgan fingerprint density at radius 1 is 1.44 bits per heavy atom. The molecule has 0 amide bonds. The average molecular weight is 216 g/mol. The van der Waals surface area contributed by atoms with Crippen molar-refractivity contribution in [3.8, 4) is 0 Å². The van der Waals surface area contributed by atoms with E-state index >= 15 is 0 Å². The van der Waals surface area contributed by atoms with E-state index in [0.29, 0.717) is 24.5 Å². The highest BCUT2D eigenvalue weighted by Crippen LogP contribution is 2.31. The quantitative estimate of drug-likeness (QED) is 0.753. The topological polar surface area (TPSA) is 17.1 Å². The Morgan fingerprint density at radius 3 is 3.00 bits per heavy atom. The molecule has 86 valence electrons. The summed E-state index contributed by atoms with van der Waals surface area (Å²) >= 11 is 0. The molecule has 0 saturated heterocycles. The Balaban J connectivity index is 2.23. The van der Waals surface area contributed by atoms with Crippen molar-refractivity contribution in [2.75, 3.05) is 0 Å². The van der Waals surface area contributed by atoms with E-state index in [1.165, 1.54) is 36.0 Å². The van der Waals surface area contributed by atoms with Crippen LogP contribution < -0.4 is 0 Å². The minimum Gasteiger partial charge on any atom is -0.299 e. The van der Waals surface area contributed by atoms with Crippen LogP contribution in [0.3, 0.4) is 0 Å². The molecule has 0 N–H and O–H groups in total. The number of rotatable bonds is 3. The second-order valence-electron chi connectivity index (χ2n) is 4.90. The highest BCUT2D eigenvalue weighted by atomic mass is 16.1. The van der Waals surface area contributed by atoms with Crippen LogP contribution in [0.15, 0.2) is 18.2 Å². The first-order chi connectivity index (χ1) is 7.70. The fourth-order valence-electron chi connectivity index (χ4n) is 2.55. The van der Waals surface area contributed by atoms with Gasteiger partial charge in [-0.25, -0.2) is 0 Å². The molecule has 1 nitrogen and oxygen atoms in total. The predicted molar refractivity (Wildman–Crippen MR) is 66.8 cm³/mol. The first-order valence-corrected chi connectivity index (χ1v) is 6.34. The van der Waals surface area contributed by atoms with Gasteiger partial charge in [0.2, 0.25) is 0 Å². The van der Waals surface area contributed by atoms with Crippen molar-refractivity contribution >= 4 is 5.78 Å². The van der Waals surface area contributed by atoms with Gasteiger partial charge in [-0.15, -0.1) is 0 Å². The number of carbonyl (C=O) groups is 1. The average Bonchev–Trinajstić information content (AvgIpc) is 2.30. The third-order valence-corrected chi connectivity index (χ3v) is 3.62. The summed E-state index contributed by atoms with van der Waals surface area (Å²) in [4.78, 5) is 11.4. The number of aryl methyl sites for hydroxylation is 1. The van der Waals surface area contributed by atoms with Crippen LogP contribution in [0.4, 0.5) is 0 Å². The molecule has 0 bridgehead atoms. The summed E-state index contributed by atoms with van der Waals surface area (Å²) in [7, 11) is 0. The minimum atomic E-state index is 0.336. The zero-order chi connectivity index (χ0) is 11.5. The molecule has 1 heteroatoms. The molecule has 1 aliphatic carbocycles. The van der Waals surface area contributed by atoms with Crippen LogP contribution in [0, 0.1) is 0 Å². The van der Waals surface area contributed by atoms with E-state index in [0.717, 1.165) is 0 Å². The Bertz CT molecular complexity index is 392. The van der Waals surface area contributed by atoms with Crippen LogP contribution in [-0.2, 0) is 17.6 Å². The molecular weight excluding hydrogens is 196 g/mol. The summed E-state index contributed by atoms with van der Waals surface area (Å²) in [5.41, 5.74) is 4.17. The van der Waals surface area contributed by atoms with E-state index in [1.807, 2.05) is 6.92 Å². The van der Waals surface area contributed by atoms with Crippen molar-refractivity contribution in [1.82, 2.24) is 0 Å². The third kappa shape index (κ3) is 2.34. The molecule has 0 heterocycles. The Hall–Kier alpha value is -1.11. The number of benzene rings is 1. The highest BCUT2D eigenvalue weighted by molar-refractivity contribution is 5.80. The number of carbonyl (C=O) groups excluding carboxylic acids is 1. The van der Waals surface area contributed by atoms with Gasteiger partial charge in [0.05, 0.1) is 0 Å². The lowest BCUT2D eigenvalue weighted by Crippen LogP contribution is -2.09. The fourth-order valence-corrected chi connectivity index (χ4v) is 2.55. The Morgan fingerprint density at radius 2 is 2.25 bits per heavy atom. The second kappa shape index (κ2) is 4.82. The van der Waals surface area contributed by atoms with Gasteiger partial charge in [-0.2, -0.15) is 0 Å². The predicted octanol–water partition coefficient (Wildman–Crippen LogP) is 3.65. The lowest BCUT2D eigenvalue weighted by molar-refractivity contribution is -0.118. The van der Waals surface area contributed by atoms with Gasteiger partial charge in [-0.3, -0.25) is 4.79 Å². The molecular formula is C15H20O. The number of hydrogen-bond acceptors (Lipinski definition) is 1. The van der Waals surface area contributed by atoms with E-state index in [4.69, 9.17) is 0 Å². The van der Waals surface area contributed by atoms with Gasteiger partial charge in [0.1, 0.15) is 5.78 Å². The molecule has 0 aliphatic heterocycles. The zero-order valence-electron chi connectivity index (χ0n) is 10.3. The normalized spacial score (nSPS) is 19.2. The van der Waals surface area contributed by atoms with Gasteiger partial charge < -0.3 is 0 Å². The van der Waals surface area contributed by atoms with Gasteiger partial charge in [0, 0.05) is 12.8 Å². The summed E-state index contributed by atoms with van der Waals surface area (Å²) in [5.74, 6) is 1.00. The summed E-state index contributed by atoms with van der Waals surface area (Å²) in [5, 5.41) is 0. The van der Waals surface area contributed by atoms with Crippen molar-refractivity contribution in [2.24, 2.45) is 0 Å². The van der Waals surface area contributed by atoms with E-state index in [1.54, 1.807) is 0 Å². The molecule has 0 saturated carbocycles. The second-order valence-corrected chi connectivity index (χ2v) is 4.90. The smallest absolute Gasteiger partial charge is 0.136 e. The first kappa shape index (κ1) is 11.4. The molecule has 1 aromatic rings. The van der Waals surface area contributed by atoms with Crippen LogP contribution in [0.2, 0.25) is 0 Å². The SMILES string of the molecule is CCC(=O)Cc1ccc2c(c1)C(C)CCC2. The molecule has 0 radical (unpaired) electrons. The number of fused-ring (bicyclic) bond motifs is 1. The molecule has 0 aromatic heterocycles. The largest absolute Gasteiger partial charge is 0.299 e. The van der Waals surface area contributed by atoms with Crippen LogP contribution in [-0.4, -0.2) is 5.78 Å². The van der Waals surface area contributed by atoms with Crippen molar-refractivity contribution in [1.29, 1.82) is 0 Å².